The molecule has 2 aromatic rings. The van der Waals surface area contributed by atoms with Gasteiger partial charge in [0.2, 0.25) is 5.75 Å². The van der Waals surface area contributed by atoms with Crippen molar-refractivity contribution in [3.8, 4) is 17.2 Å². The van der Waals surface area contributed by atoms with Crippen LogP contribution in [0.2, 0.25) is 0 Å². The van der Waals surface area contributed by atoms with E-state index in [0.29, 0.717) is 22.8 Å². The van der Waals surface area contributed by atoms with Crippen LogP contribution in [0.4, 0.5) is 0 Å². The molecule has 0 unspecified atom stereocenters. The fraction of sp³-hybridized carbons (Fsp3) is 0.480. The van der Waals surface area contributed by atoms with Gasteiger partial charge in [-0.25, -0.2) is 0 Å². The molecule has 0 radical (unpaired) electrons. The fourth-order valence-electron chi connectivity index (χ4n) is 4.90. The average molecular weight is 441 g/mol. The number of rotatable bonds is 6. The number of benzene rings is 2. The average Bonchev–Trinajstić information content (AvgIpc) is 2.85. The van der Waals surface area contributed by atoms with Crippen molar-refractivity contribution in [2.45, 2.75) is 50.6 Å². The van der Waals surface area contributed by atoms with E-state index in [1.54, 1.807) is 19.2 Å². The third-order valence-electron chi connectivity index (χ3n) is 6.52. The summed E-state index contributed by atoms with van der Waals surface area (Å²) in [5.41, 5.74) is 1.55. The Morgan fingerprint density at radius 3 is 2.34 bits per heavy atom. The summed E-state index contributed by atoms with van der Waals surface area (Å²) in [5.74, 6) is 1.10. The molecule has 2 saturated heterocycles. The van der Waals surface area contributed by atoms with Crippen molar-refractivity contribution < 1.29 is 23.7 Å². The highest BCUT2D eigenvalue weighted by atomic mass is 16.5. The lowest BCUT2D eigenvalue weighted by Crippen LogP contribution is -2.63. The molecule has 7 nitrogen and oxygen atoms in total. The van der Waals surface area contributed by atoms with Crippen LogP contribution in [0.15, 0.2) is 42.5 Å². The molecule has 4 atom stereocenters. The minimum Gasteiger partial charge on any atom is -0.493 e. The normalized spacial score (nSPS) is 25.5. The summed E-state index contributed by atoms with van der Waals surface area (Å²) in [4.78, 5) is 15.8. The Morgan fingerprint density at radius 1 is 1.03 bits per heavy atom. The Morgan fingerprint density at radius 2 is 1.72 bits per heavy atom. The molecule has 0 bridgehead atoms. The number of fused-ring (bicyclic) bond motifs is 1. The number of piperidine rings is 1. The van der Waals surface area contributed by atoms with Gasteiger partial charge in [0, 0.05) is 11.6 Å². The first-order chi connectivity index (χ1) is 15.6. The predicted octanol–water partition coefficient (Wildman–Crippen LogP) is 3.78. The van der Waals surface area contributed by atoms with Crippen LogP contribution in [0.25, 0.3) is 0 Å². The molecule has 2 aliphatic rings. The molecule has 0 aromatic heterocycles. The monoisotopic (exact) mass is 440 g/mol. The zero-order valence-electron chi connectivity index (χ0n) is 19.2. The maximum Gasteiger partial charge on any atom is 0.253 e. The molecule has 2 aromatic carbocycles. The van der Waals surface area contributed by atoms with Gasteiger partial charge in [0.05, 0.1) is 27.4 Å². The van der Waals surface area contributed by atoms with Crippen LogP contribution in [0.3, 0.4) is 0 Å². The Kier molecular flexibility index (Phi) is 6.86. The largest absolute Gasteiger partial charge is 0.493 e. The molecule has 172 valence electrons. The van der Waals surface area contributed by atoms with Crippen molar-refractivity contribution >= 4 is 5.91 Å². The Balaban J connectivity index is 1.61. The Labute approximate surface area is 189 Å². The third-order valence-corrected chi connectivity index (χ3v) is 6.52. The summed E-state index contributed by atoms with van der Waals surface area (Å²) in [7, 11) is 4.61. The Hall–Kier alpha value is -2.77. The number of amides is 1. The van der Waals surface area contributed by atoms with Gasteiger partial charge in [0.15, 0.2) is 11.5 Å². The van der Waals surface area contributed by atoms with Gasteiger partial charge in [-0.05, 0) is 44.0 Å². The molecule has 7 heteroatoms. The standard InChI is InChI=1S/C25H32N2O5/c1-16-22(17-10-6-5-7-11-17)32-25(19-12-8-9-13-27(16)19)26-24(28)18-14-20(29-2)23(31-4)21(15-18)30-3/h5-7,10-11,14-16,19,22,25H,8-9,12-13H2,1-4H3,(H,26,28)/t16-,19+,22-,25-/m1/s1. The zero-order valence-corrected chi connectivity index (χ0v) is 19.2. The number of hydrogen-bond acceptors (Lipinski definition) is 6. The van der Waals surface area contributed by atoms with Crippen molar-refractivity contribution in [1.82, 2.24) is 10.2 Å². The molecule has 0 saturated carbocycles. The first-order valence-corrected chi connectivity index (χ1v) is 11.1. The fourth-order valence-corrected chi connectivity index (χ4v) is 4.90. The van der Waals surface area contributed by atoms with Crippen LogP contribution in [0.1, 0.15) is 48.2 Å². The van der Waals surface area contributed by atoms with Crippen LogP contribution in [-0.2, 0) is 4.74 Å². The van der Waals surface area contributed by atoms with Gasteiger partial charge in [-0.1, -0.05) is 36.8 Å². The molecule has 1 amide bonds. The summed E-state index contributed by atoms with van der Waals surface area (Å²) in [5, 5.41) is 3.14. The highest BCUT2D eigenvalue weighted by Crippen LogP contribution is 2.39. The lowest BCUT2D eigenvalue weighted by Gasteiger charge is -2.51. The zero-order chi connectivity index (χ0) is 22.7. The van der Waals surface area contributed by atoms with Crippen LogP contribution in [-0.4, -0.2) is 57.0 Å². The van der Waals surface area contributed by atoms with E-state index in [1.807, 2.05) is 18.2 Å². The highest BCUT2D eigenvalue weighted by Gasteiger charge is 2.43. The second-order valence-electron chi connectivity index (χ2n) is 8.32. The molecule has 0 aliphatic carbocycles. The summed E-state index contributed by atoms with van der Waals surface area (Å²) in [6, 6.07) is 13.9. The smallest absolute Gasteiger partial charge is 0.253 e. The van der Waals surface area contributed by atoms with E-state index in [-0.39, 0.29) is 24.1 Å². The molecular formula is C25H32N2O5. The van der Waals surface area contributed by atoms with Gasteiger partial charge in [-0.3, -0.25) is 9.69 Å². The molecule has 32 heavy (non-hydrogen) atoms. The van der Waals surface area contributed by atoms with Gasteiger partial charge in [0.1, 0.15) is 12.3 Å². The minimum atomic E-state index is -0.414. The number of ether oxygens (including phenoxy) is 4. The molecular weight excluding hydrogens is 408 g/mol. The van der Waals surface area contributed by atoms with E-state index in [2.05, 4.69) is 29.3 Å². The van der Waals surface area contributed by atoms with Crippen molar-refractivity contribution in [2.24, 2.45) is 0 Å². The molecule has 0 spiro atoms. The number of carbonyl (C=O) groups excluding carboxylic acids is 1. The lowest BCUT2D eigenvalue weighted by atomic mass is 9.91. The minimum absolute atomic E-state index is 0.115. The molecule has 2 heterocycles. The first-order valence-electron chi connectivity index (χ1n) is 11.1. The van der Waals surface area contributed by atoms with Gasteiger partial charge in [-0.15, -0.1) is 0 Å². The number of nitrogens with one attached hydrogen (secondary N) is 1. The molecule has 2 fully saturated rings. The number of nitrogens with zero attached hydrogens (tertiary/aromatic N) is 1. The molecule has 1 N–H and O–H groups in total. The number of hydrogen-bond donors (Lipinski definition) is 1. The Bertz CT molecular complexity index is 910. The second kappa shape index (κ2) is 9.79. The van der Waals surface area contributed by atoms with E-state index >= 15 is 0 Å². The number of carbonyl (C=O) groups is 1. The van der Waals surface area contributed by atoms with Crippen LogP contribution >= 0.6 is 0 Å². The predicted molar refractivity (Wildman–Crippen MR) is 121 cm³/mol. The van der Waals surface area contributed by atoms with E-state index in [1.165, 1.54) is 14.2 Å². The van der Waals surface area contributed by atoms with E-state index in [4.69, 9.17) is 18.9 Å². The highest BCUT2D eigenvalue weighted by molar-refractivity contribution is 5.95. The van der Waals surface area contributed by atoms with Crippen LogP contribution in [0, 0.1) is 0 Å². The van der Waals surface area contributed by atoms with E-state index < -0.39 is 6.23 Å². The van der Waals surface area contributed by atoms with E-state index in [9.17, 15) is 4.79 Å². The van der Waals surface area contributed by atoms with Crippen molar-refractivity contribution in [3.05, 3.63) is 53.6 Å². The third kappa shape index (κ3) is 4.27. The van der Waals surface area contributed by atoms with Crippen molar-refractivity contribution in [3.63, 3.8) is 0 Å². The van der Waals surface area contributed by atoms with Crippen LogP contribution < -0.4 is 19.5 Å². The maximum atomic E-state index is 13.3. The second-order valence-corrected chi connectivity index (χ2v) is 8.32. The van der Waals surface area contributed by atoms with Gasteiger partial charge in [0.25, 0.3) is 5.91 Å². The number of morpholine rings is 1. The summed E-state index contributed by atoms with van der Waals surface area (Å²) in [6.45, 7) is 3.22. The van der Waals surface area contributed by atoms with Crippen molar-refractivity contribution in [2.75, 3.05) is 27.9 Å². The SMILES string of the molecule is COc1cc(C(=O)N[C@@H]2O[C@@H](c3ccccc3)[C@@H](C)N3CCCC[C@@H]23)cc(OC)c1OC. The van der Waals surface area contributed by atoms with Gasteiger partial charge < -0.3 is 24.3 Å². The molecule has 4 rings (SSSR count). The lowest BCUT2D eigenvalue weighted by molar-refractivity contribution is -0.167. The maximum absolute atomic E-state index is 13.3. The summed E-state index contributed by atoms with van der Waals surface area (Å²) >= 11 is 0. The van der Waals surface area contributed by atoms with Gasteiger partial charge in [-0.2, -0.15) is 0 Å². The van der Waals surface area contributed by atoms with Crippen LogP contribution in [0.5, 0.6) is 17.2 Å². The van der Waals surface area contributed by atoms with E-state index in [0.717, 1.165) is 31.4 Å². The summed E-state index contributed by atoms with van der Waals surface area (Å²) < 4.78 is 22.7. The topological polar surface area (TPSA) is 69.3 Å². The van der Waals surface area contributed by atoms with Crippen molar-refractivity contribution in [1.29, 1.82) is 0 Å². The quantitative estimate of drug-likeness (QED) is 0.737. The number of methoxy groups -OCH3 is 3. The molecule has 2 aliphatic heterocycles. The summed E-state index contributed by atoms with van der Waals surface area (Å²) in [6.07, 6.45) is 2.75. The first kappa shape index (κ1) is 22.4. The van der Waals surface area contributed by atoms with Gasteiger partial charge >= 0.3 is 0 Å².